The molecule has 0 spiro atoms. The lowest BCUT2D eigenvalue weighted by Crippen LogP contribution is -2.46. The number of phosphoric acid groups is 1. The second-order valence-electron chi connectivity index (χ2n) is 16.0. The number of rotatable bonds is 10. The summed E-state index contributed by atoms with van der Waals surface area (Å²) in [6.45, 7) is 5.55. The molecule has 0 amide bonds. The van der Waals surface area contributed by atoms with Crippen LogP contribution in [0.4, 0.5) is 0 Å². The van der Waals surface area contributed by atoms with Crippen LogP contribution in [-0.2, 0) is 84.2 Å². The molecule has 0 saturated carbocycles. The van der Waals surface area contributed by atoms with Crippen molar-refractivity contribution >= 4 is 48.9 Å². The van der Waals surface area contributed by atoms with E-state index < -0.39 is 45.1 Å². The Labute approximate surface area is 364 Å². The zero-order chi connectivity index (χ0) is 45.3. The first-order valence-corrected chi connectivity index (χ1v) is 24.4. The van der Waals surface area contributed by atoms with Crippen molar-refractivity contribution in [1.82, 2.24) is 19.1 Å². The van der Waals surface area contributed by atoms with E-state index in [9.17, 15) is 28.3 Å². The minimum atomic E-state index is -4.82. The minimum absolute atomic E-state index is 0.0598. The van der Waals surface area contributed by atoms with Crippen molar-refractivity contribution in [2.75, 3.05) is 26.9 Å². The van der Waals surface area contributed by atoms with Gasteiger partial charge in [-0.2, -0.15) is 0 Å². The fraction of sp³-hybridized carbons (Fsp3) is 0.318. The molecular weight excluding hydrogens is 870 g/mol. The normalized spacial score (nSPS) is 19.4. The molecule has 10 rings (SSSR count). The largest absolute Gasteiger partial charge is 0.471 e. The molecule has 6 aromatic rings. The van der Waals surface area contributed by atoms with Crippen LogP contribution < -0.4 is 11.1 Å². The smallest absolute Gasteiger partial charge is 0.458 e. The van der Waals surface area contributed by atoms with Crippen molar-refractivity contribution in [3.8, 4) is 22.8 Å². The predicted octanol–water partition coefficient (Wildman–Crippen LogP) is 5.79. The summed E-state index contributed by atoms with van der Waals surface area (Å²) in [7, 11) is -7.64. The molecule has 8 heterocycles. The second-order valence-corrected chi connectivity index (χ2v) is 20.0. The number of phosphoric ester groups is 1. The monoisotopic (exact) mass is 912 g/mol. The number of cyclic esters (lactones) is 2. The maximum Gasteiger partial charge on any atom is 0.471 e. The Morgan fingerprint density at radius 2 is 1.08 bits per heavy atom. The highest BCUT2D eigenvalue weighted by molar-refractivity contribution is 7.57. The standard InChI is InChI=1S/C23H23N2O6P.C21H19N2O8P/c1-4-23(30-13-31-32(2,3)28)17-10-19-20-15(9-14-7-5-6-8-18(14)24-20)11-25(19)21(26)16(17)12-29-22(23)27;1-2-21(30-11-31-32(26,27)28)15-8-17-18-13(7-12-5-3-4-6-16(12)22-18)9-23(17)19(24)14(15)10-29-20(21)25/h5-10H,4,11-13H2,1-3H3;3-8H,2,9-11H2,1H3,(H2,26,27,28)/t23-;21-/m00/s1. The van der Waals surface area contributed by atoms with Crippen molar-refractivity contribution in [3.63, 3.8) is 0 Å². The number of benzene rings is 2. The van der Waals surface area contributed by atoms with Gasteiger partial charge in [0.25, 0.3) is 11.1 Å². The van der Waals surface area contributed by atoms with Crippen LogP contribution in [0.15, 0.2) is 82.4 Å². The number of nitrogens with zero attached hydrogens (tertiary/aromatic N) is 4. The molecule has 0 unspecified atom stereocenters. The number of carbonyl (C=O) groups is 2. The van der Waals surface area contributed by atoms with E-state index in [1.165, 1.54) is 13.3 Å². The number of carbonyl (C=O) groups excluding carboxylic acids is 2. The Morgan fingerprint density at radius 3 is 1.48 bits per heavy atom. The topological polar surface area (TPSA) is 234 Å². The van der Waals surface area contributed by atoms with Gasteiger partial charge in [-0.05, 0) is 49.2 Å². The third kappa shape index (κ3) is 7.43. The predicted molar refractivity (Wildman–Crippen MR) is 230 cm³/mol. The molecule has 0 fully saturated rings. The first kappa shape index (κ1) is 43.6. The highest BCUT2D eigenvalue weighted by Crippen LogP contribution is 2.45. The summed E-state index contributed by atoms with van der Waals surface area (Å²) in [5.41, 5.74) is 3.54. The van der Waals surface area contributed by atoms with Crippen molar-refractivity contribution < 1.29 is 56.5 Å². The summed E-state index contributed by atoms with van der Waals surface area (Å²) in [6.07, 6.45) is 0.283. The zero-order valence-corrected chi connectivity index (χ0v) is 36.9. The van der Waals surface area contributed by atoms with Gasteiger partial charge in [-0.1, -0.05) is 50.2 Å². The van der Waals surface area contributed by atoms with E-state index in [0.717, 1.165) is 38.6 Å². The van der Waals surface area contributed by atoms with E-state index in [2.05, 4.69) is 4.52 Å². The van der Waals surface area contributed by atoms with Crippen LogP contribution in [0.2, 0.25) is 0 Å². The Balaban J connectivity index is 0.000000162. The number of pyridine rings is 4. The summed E-state index contributed by atoms with van der Waals surface area (Å²) < 4.78 is 57.9. The zero-order valence-electron chi connectivity index (χ0n) is 35.1. The van der Waals surface area contributed by atoms with Crippen LogP contribution in [0.3, 0.4) is 0 Å². The quantitative estimate of drug-likeness (QED) is 0.0939. The SMILES string of the molecule is CC[C@@]1(OCOP(=O)(O)O)C(=O)OCc2c1cc1n(c2=O)Cc2cc3ccccc3nc2-1.CC[C@@]1(OCOP(C)(C)=O)C(=O)OCc2c1cc1n(c2=O)Cc2cc3ccccc3nc2-1. The van der Waals surface area contributed by atoms with Crippen molar-refractivity contribution in [3.05, 3.63) is 127 Å². The number of fused-ring (bicyclic) bond motifs is 10. The minimum Gasteiger partial charge on any atom is -0.458 e. The molecule has 2 aromatic carbocycles. The van der Waals surface area contributed by atoms with E-state index in [4.69, 9.17) is 43.2 Å². The molecule has 4 aromatic heterocycles. The fourth-order valence-electron chi connectivity index (χ4n) is 8.75. The average molecular weight is 913 g/mol. The lowest BCUT2D eigenvalue weighted by atomic mass is 9.85. The van der Waals surface area contributed by atoms with Crippen LogP contribution in [0.5, 0.6) is 0 Å². The Morgan fingerprint density at radius 1 is 0.656 bits per heavy atom. The molecule has 4 aliphatic heterocycles. The second kappa shape index (κ2) is 16.1. The summed E-state index contributed by atoms with van der Waals surface area (Å²) in [6, 6.07) is 22.9. The summed E-state index contributed by atoms with van der Waals surface area (Å²) >= 11 is 0. The van der Waals surface area contributed by atoms with Crippen LogP contribution in [0.25, 0.3) is 44.6 Å². The van der Waals surface area contributed by atoms with Gasteiger partial charge in [-0.3, -0.25) is 18.7 Å². The maximum absolute atomic E-state index is 13.4. The van der Waals surface area contributed by atoms with Crippen LogP contribution >= 0.6 is 15.2 Å². The van der Waals surface area contributed by atoms with Gasteiger partial charge in [-0.15, -0.1) is 0 Å². The van der Waals surface area contributed by atoms with Crippen LogP contribution in [0.1, 0.15) is 60.1 Å². The van der Waals surface area contributed by atoms with E-state index in [-0.39, 0.29) is 49.5 Å². The highest BCUT2D eigenvalue weighted by Gasteiger charge is 2.50. The Kier molecular flexibility index (Phi) is 10.9. The van der Waals surface area contributed by atoms with Crippen molar-refractivity contribution in [2.45, 2.75) is 64.2 Å². The van der Waals surface area contributed by atoms with Gasteiger partial charge in [0.15, 0.2) is 32.2 Å². The molecular formula is C44H42N4O14P2. The first-order chi connectivity index (χ1) is 30.5. The van der Waals surface area contributed by atoms with E-state index >= 15 is 0 Å². The van der Waals surface area contributed by atoms with Gasteiger partial charge in [-0.25, -0.2) is 24.1 Å². The van der Waals surface area contributed by atoms with Gasteiger partial charge in [0.2, 0.25) is 0 Å². The molecule has 332 valence electrons. The lowest BCUT2D eigenvalue weighted by molar-refractivity contribution is -0.192. The number of aromatic nitrogens is 4. The number of esters is 2. The molecule has 2 N–H and O–H groups in total. The van der Waals surface area contributed by atoms with Gasteiger partial charge in [0, 0.05) is 46.4 Å². The number of hydrogen-bond donors (Lipinski definition) is 2. The summed E-state index contributed by atoms with van der Waals surface area (Å²) in [4.78, 5) is 79.9. The lowest BCUT2D eigenvalue weighted by Gasteiger charge is -2.36. The first-order valence-electron chi connectivity index (χ1n) is 20.3. The molecule has 0 saturated heterocycles. The van der Waals surface area contributed by atoms with E-state index in [1.54, 1.807) is 29.0 Å². The third-order valence-electron chi connectivity index (χ3n) is 12.0. The van der Waals surface area contributed by atoms with Gasteiger partial charge in [0.1, 0.15) is 13.2 Å². The summed E-state index contributed by atoms with van der Waals surface area (Å²) in [5.74, 6) is -1.34. The molecule has 20 heteroatoms. The molecule has 0 bridgehead atoms. The molecule has 4 aliphatic rings. The van der Waals surface area contributed by atoms with Gasteiger partial charge >= 0.3 is 19.8 Å². The van der Waals surface area contributed by atoms with Crippen molar-refractivity contribution in [1.29, 1.82) is 0 Å². The molecule has 18 nitrogen and oxygen atoms in total. The highest BCUT2D eigenvalue weighted by atomic mass is 31.2. The number of para-hydroxylation sites is 2. The Bertz CT molecular complexity index is 2960. The van der Waals surface area contributed by atoms with E-state index in [1.807, 2.05) is 66.7 Å². The van der Waals surface area contributed by atoms with E-state index in [0.29, 0.717) is 46.9 Å². The fourth-order valence-corrected chi connectivity index (χ4v) is 9.25. The number of ether oxygens (including phenoxy) is 4. The number of hydrogen-bond acceptors (Lipinski definition) is 14. The molecule has 64 heavy (non-hydrogen) atoms. The molecule has 0 radical (unpaired) electrons. The van der Waals surface area contributed by atoms with Gasteiger partial charge < -0.3 is 42.4 Å². The average Bonchev–Trinajstić information content (AvgIpc) is 3.80. The van der Waals surface area contributed by atoms with Gasteiger partial charge in [0.05, 0.1) is 58.0 Å². The molecule has 0 aliphatic carbocycles. The van der Waals surface area contributed by atoms with Crippen LogP contribution in [-0.4, -0.2) is 67.7 Å². The maximum atomic E-state index is 13.4. The van der Waals surface area contributed by atoms with Crippen LogP contribution in [0, 0.1) is 0 Å². The summed E-state index contributed by atoms with van der Waals surface area (Å²) in [5, 5.41) is 1.96. The Hall–Kier alpha value is -5.68. The molecule has 2 atom stereocenters. The van der Waals surface area contributed by atoms with Crippen molar-refractivity contribution in [2.24, 2.45) is 0 Å². The third-order valence-corrected chi connectivity index (χ3v) is 13.1.